The van der Waals surface area contributed by atoms with Crippen LogP contribution in [0.15, 0.2) is 52.9 Å². The Hall–Kier alpha value is -2.91. The molecule has 0 atom stereocenters. The zero-order valence-corrected chi connectivity index (χ0v) is 18.6. The number of anilines is 2. The number of carbonyl (C=O) groups excluding carboxylic acids is 2. The van der Waals surface area contributed by atoms with Crippen LogP contribution < -0.4 is 15.5 Å². The summed E-state index contributed by atoms with van der Waals surface area (Å²) in [6.45, 7) is 2.45. The van der Waals surface area contributed by atoms with Gasteiger partial charge >= 0.3 is 0 Å². The Morgan fingerprint density at radius 3 is 2.40 bits per heavy atom. The van der Waals surface area contributed by atoms with Crippen molar-refractivity contribution in [2.75, 3.05) is 30.1 Å². The quantitative estimate of drug-likeness (QED) is 0.520. The summed E-state index contributed by atoms with van der Waals surface area (Å²) < 4.78 is 0.578. The molecule has 0 aliphatic rings. The van der Waals surface area contributed by atoms with E-state index >= 15 is 0 Å². The van der Waals surface area contributed by atoms with E-state index in [1.54, 1.807) is 0 Å². The number of amides is 2. The van der Waals surface area contributed by atoms with Gasteiger partial charge in [-0.1, -0.05) is 52.9 Å². The van der Waals surface area contributed by atoms with Crippen LogP contribution in [-0.4, -0.2) is 41.9 Å². The van der Waals surface area contributed by atoms with Gasteiger partial charge in [-0.2, -0.15) is 0 Å². The number of carbonyl (C=O) groups is 2. The molecule has 1 aromatic heterocycles. The largest absolute Gasteiger partial charge is 0.378 e. The topological polar surface area (TPSA) is 87.2 Å². The summed E-state index contributed by atoms with van der Waals surface area (Å²) in [4.78, 5) is 26.4. The van der Waals surface area contributed by atoms with E-state index in [0.29, 0.717) is 16.6 Å². The summed E-state index contributed by atoms with van der Waals surface area (Å²) in [5.41, 5.74) is 3.96. The van der Waals surface area contributed by atoms with Gasteiger partial charge in [-0.05, 0) is 36.8 Å². The molecular formula is C21H23N5O2S2. The van der Waals surface area contributed by atoms with E-state index in [1.807, 2.05) is 74.4 Å². The number of hydrogen-bond donors (Lipinski definition) is 2. The van der Waals surface area contributed by atoms with Gasteiger partial charge in [-0.15, -0.1) is 10.2 Å². The van der Waals surface area contributed by atoms with Crippen molar-refractivity contribution >= 4 is 46.3 Å². The number of hydrogen-bond acceptors (Lipinski definition) is 7. The van der Waals surface area contributed by atoms with Crippen molar-refractivity contribution in [2.24, 2.45) is 0 Å². The first-order chi connectivity index (χ1) is 14.4. The van der Waals surface area contributed by atoms with E-state index < -0.39 is 0 Å². The van der Waals surface area contributed by atoms with Crippen molar-refractivity contribution in [3.8, 4) is 0 Å². The Morgan fingerprint density at radius 1 is 1.03 bits per heavy atom. The fourth-order valence-corrected chi connectivity index (χ4v) is 4.05. The van der Waals surface area contributed by atoms with Gasteiger partial charge in [0.05, 0.1) is 5.75 Å². The molecule has 0 fully saturated rings. The highest BCUT2D eigenvalue weighted by Crippen LogP contribution is 2.23. The number of aryl methyl sites for hydroxylation is 1. The van der Waals surface area contributed by atoms with Crippen LogP contribution in [0.1, 0.15) is 20.9 Å². The van der Waals surface area contributed by atoms with Crippen LogP contribution in [0.4, 0.5) is 11.4 Å². The highest BCUT2D eigenvalue weighted by molar-refractivity contribution is 8.01. The van der Waals surface area contributed by atoms with Crippen LogP contribution in [0.3, 0.4) is 0 Å². The number of aromatic nitrogens is 2. The van der Waals surface area contributed by atoms with Crippen LogP contribution in [-0.2, 0) is 11.3 Å². The number of thioether (sulfide) groups is 1. The average Bonchev–Trinajstić information content (AvgIpc) is 3.22. The van der Waals surface area contributed by atoms with E-state index in [4.69, 9.17) is 0 Å². The van der Waals surface area contributed by atoms with Gasteiger partial charge in [-0.3, -0.25) is 9.59 Å². The van der Waals surface area contributed by atoms with Gasteiger partial charge < -0.3 is 15.5 Å². The molecule has 0 spiro atoms. The summed E-state index contributed by atoms with van der Waals surface area (Å²) in [6, 6.07) is 15.5. The van der Waals surface area contributed by atoms with Crippen molar-refractivity contribution in [2.45, 2.75) is 17.8 Å². The minimum Gasteiger partial charge on any atom is -0.378 e. The SMILES string of the molecule is Cc1ccc(NC(=O)c2nnc(SCC(=O)NCc3ccc(N(C)C)cc3)s2)cc1. The fourth-order valence-electron chi connectivity index (χ4n) is 2.47. The van der Waals surface area contributed by atoms with Crippen molar-refractivity contribution in [1.29, 1.82) is 0 Å². The molecule has 0 aliphatic carbocycles. The lowest BCUT2D eigenvalue weighted by atomic mass is 10.2. The maximum absolute atomic E-state index is 12.3. The minimum atomic E-state index is -0.311. The molecule has 0 radical (unpaired) electrons. The van der Waals surface area contributed by atoms with Crippen molar-refractivity contribution in [3.05, 3.63) is 64.7 Å². The predicted octanol–water partition coefficient (Wildman–Crippen LogP) is 3.57. The molecule has 2 N–H and O–H groups in total. The predicted molar refractivity (Wildman–Crippen MR) is 122 cm³/mol. The summed E-state index contributed by atoms with van der Waals surface area (Å²) in [5.74, 6) is -0.198. The van der Waals surface area contributed by atoms with E-state index in [-0.39, 0.29) is 22.6 Å². The monoisotopic (exact) mass is 441 g/mol. The Morgan fingerprint density at radius 2 is 1.73 bits per heavy atom. The number of nitrogens with zero attached hydrogens (tertiary/aromatic N) is 3. The smallest absolute Gasteiger partial charge is 0.286 e. The minimum absolute atomic E-state index is 0.0995. The molecule has 0 unspecified atom stereocenters. The van der Waals surface area contributed by atoms with Gasteiger partial charge in [0.1, 0.15) is 0 Å². The highest BCUT2D eigenvalue weighted by atomic mass is 32.2. The van der Waals surface area contributed by atoms with Crippen LogP contribution in [0.25, 0.3) is 0 Å². The maximum atomic E-state index is 12.3. The zero-order valence-electron chi connectivity index (χ0n) is 17.0. The van der Waals surface area contributed by atoms with E-state index in [2.05, 4.69) is 20.8 Å². The molecule has 3 aromatic rings. The van der Waals surface area contributed by atoms with Crippen molar-refractivity contribution in [1.82, 2.24) is 15.5 Å². The van der Waals surface area contributed by atoms with Gasteiger partial charge in [0.2, 0.25) is 10.9 Å². The second-order valence-corrected chi connectivity index (χ2v) is 9.02. The first kappa shape index (κ1) is 21.8. The number of rotatable bonds is 8. The lowest BCUT2D eigenvalue weighted by molar-refractivity contribution is -0.118. The summed E-state index contributed by atoms with van der Waals surface area (Å²) in [6.07, 6.45) is 0. The van der Waals surface area contributed by atoms with Gasteiger partial charge in [0.15, 0.2) is 4.34 Å². The summed E-state index contributed by atoms with van der Waals surface area (Å²) in [5, 5.41) is 13.9. The lowest BCUT2D eigenvalue weighted by Crippen LogP contribution is -2.24. The third-order valence-corrected chi connectivity index (χ3v) is 6.23. The second-order valence-electron chi connectivity index (χ2n) is 6.82. The average molecular weight is 442 g/mol. The maximum Gasteiger partial charge on any atom is 0.286 e. The third kappa shape index (κ3) is 6.30. The Balaban J connectivity index is 1.44. The fraction of sp³-hybridized carbons (Fsp3) is 0.238. The normalized spacial score (nSPS) is 10.5. The van der Waals surface area contributed by atoms with Crippen molar-refractivity contribution in [3.63, 3.8) is 0 Å². The molecule has 156 valence electrons. The Bertz CT molecular complexity index is 1000. The number of nitrogens with one attached hydrogen (secondary N) is 2. The molecule has 7 nitrogen and oxygen atoms in total. The van der Waals surface area contributed by atoms with Crippen LogP contribution in [0.2, 0.25) is 0 Å². The molecule has 0 aliphatic heterocycles. The summed E-state index contributed by atoms with van der Waals surface area (Å²) >= 11 is 2.43. The Kier molecular flexibility index (Phi) is 7.42. The van der Waals surface area contributed by atoms with Gasteiger partial charge in [0, 0.05) is 32.0 Å². The third-order valence-electron chi connectivity index (χ3n) is 4.18. The molecule has 0 saturated heterocycles. The first-order valence-corrected chi connectivity index (χ1v) is 11.1. The lowest BCUT2D eigenvalue weighted by Gasteiger charge is -2.12. The Labute approximate surface area is 183 Å². The molecule has 0 bridgehead atoms. The molecule has 2 aromatic carbocycles. The highest BCUT2D eigenvalue weighted by Gasteiger charge is 2.14. The van der Waals surface area contributed by atoms with Gasteiger partial charge in [0.25, 0.3) is 5.91 Å². The van der Waals surface area contributed by atoms with Crippen LogP contribution in [0, 0.1) is 6.92 Å². The molecular weight excluding hydrogens is 418 g/mol. The van der Waals surface area contributed by atoms with Crippen molar-refractivity contribution < 1.29 is 9.59 Å². The number of benzene rings is 2. The molecule has 9 heteroatoms. The first-order valence-electron chi connectivity index (χ1n) is 9.28. The molecule has 0 saturated carbocycles. The second kappa shape index (κ2) is 10.2. The van der Waals surface area contributed by atoms with E-state index in [1.165, 1.54) is 23.1 Å². The van der Waals surface area contributed by atoms with Crippen LogP contribution >= 0.6 is 23.1 Å². The summed E-state index contributed by atoms with van der Waals surface area (Å²) in [7, 11) is 3.97. The van der Waals surface area contributed by atoms with Crippen LogP contribution in [0.5, 0.6) is 0 Å². The molecule has 2 amide bonds. The molecule has 1 heterocycles. The van der Waals surface area contributed by atoms with Gasteiger partial charge in [-0.25, -0.2) is 0 Å². The molecule has 30 heavy (non-hydrogen) atoms. The van der Waals surface area contributed by atoms with E-state index in [9.17, 15) is 9.59 Å². The molecule has 3 rings (SSSR count). The standard InChI is InChI=1S/C21H23N5O2S2/c1-14-4-8-16(9-5-14)23-19(28)20-24-25-21(30-20)29-13-18(27)22-12-15-6-10-17(11-7-15)26(2)3/h4-11H,12-13H2,1-3H3,(H,22,27)(H,23,28). The van der Waals surface area contributed by atoms with E-state index in [0.717, 1.165) is 16.8 Å². The zero-order chi connectivity index (χ0) is 21.5.